The first-order chi connectivity index (χ1) is 3.18. The molecule has 0 fully saturated rings. The van der Waals surface area contributed by atoms with Crippen LogP contribution in [0.3, 0.4) is 0 Å². The third-order valence-corrected chi connectivity index (χ3v) is 0.960. The summed E-state index contributed by atoms with van der Waals surface area (Å²) >= 11 is 5.28. The Balaban J connectivity index is 3.34. The van der Waals surface area contributed by atoms with E-state index in [1.165, 1.54) is 0 Å². The van der Waals surface area contributed by atoms with Gasteiger partial charge in [0.2, 0.25) is 5.96 Å². The maximum absolute atomic E-state index is 6.67. The lowest BCUT2D eigenvalue weighted by atomic mass is 10.7. The maximum Gasteiger partial charge on any atom is 0.203 e. The van der Waals surface area contributed by atoms with Crippen LogP contribution in [0.5, 0.6) is 0 Å². The molecule has 0 rings (SSSR count). The molecule has 0 aromatic heterocycles. The molecule has 3 nitrogen and oxygen atoms in total. The Bertz CT molecular complexity index is 72.6. The summed E-state index contributed by atoms with van der Waals surface area (Å²) in [5.74, 6) is -0.107. The third-order valence-electron chi connectivity index (χ3n) is 0.539. The topological polar surface area (TPSA) is 53.1 Å². The van der Waals surface area contributed by atoms with Crippen LogP contribution in [0.4, 0.5) is 0 Å². The highest BCUT2D eigenvalue weighted by Crippen LogP contribution is 1.87. The molecule has 0 amide bonds. The van der Waals surface area contributed by atoms with E-state index in [-0.39, 0.29) is 5.96 Å². The highest BCUT2D eigenvalue weighted by Gasteiger charge is 1.93. The number of nitrogens with two attached hydrogens (primary N) is 1. The van der Waals surface area contributed by atoms with E-state index in [0.717, 1.165) is 4.42 Å². The zero-order valence-electron chi connectivity index (χ0n) is 4.11. The van der Waals surface area contributed by atoms with Crippen molar-refractivity contribution < 1.29 is 0 Å². The van der Waals surface area contributed by atoms with Crippen LogP contribution < -0.4 is 5.73 Å². The number of nitrogens with one attached hydrogen (secondary N) is 1. The molecule has 0 aliphatic heterocycles. The number of rotatable bonds is 1. The Hall–Kier alpha value is -0.440. The monoisotopic (exact) mass is 121 g/mol. The standard InChI is InChI=1S/C3H8ClN3/c1-2-7(4)3(5)6/h2H2,1H3,(H3,5,6). The summed E-state index contributed by atoms with van der Waals surface area (Å²) in [5, 5.41) is 6.67. The Morgan fingerprint density at radius 2 is 2.43 bits per heavy atom. The minimum Gasteiger partial charge on any atom is -0.369 e. The lowest BCUT2D eigenvalue weighted by Crippen LogP contribution is -2.27. The summed E-state index contributed by atoms with van der Waals surface area (Å²) in [7, 11) is 0. The molecule has 0 aromatic carbocycles. The van der Waals surface area contributed by atoms with Crippen molar-refractivity contribution in [1.82, 2.24) is 4.42 Å². The molecule has 0 heterocycles. The van der Waals surface area contributed by atoms with Crippen molar-refractivity contribution in [3.05, 3.63) is 0 Å². The maximum atomic E-state index is 6.67. The zero-order valence-corrected chi connectivity index (χ0v) is 4.87. The molecule has 0 atom stereocenters. The number of hydrogen-bond donors (Lipinski definition) is 2. The van der Waals surface area contributed by atoms with Crippen LogP contribution in [0, 0.1) is 5.41 Å². The summed E-state index contributed by atoms with van der Waals surface area (Å²) < 4.78 is 1.12. The molecular weight excluding hydrogens is 114 g/mol. The molecule has 0 bridgehead atoms. The van der Waals surface area contributed by atoms with Crippen molar-refractivity contribution in [2.45, 2.75) is 6.92 Å². The van der Waals surface area contributed by atoms with Crippen molar-refractivity contribution >= 4 is 17.7 Å². The van der Waals surface area contributed by atoms with Crippen molar-refractivity contribution in [3.63, 3.8) is 0 Å². The van der Waals surface area contributed by atoms with E-state index < -0.39 is 0 Å². The SMILES string of the molecule is CCN(Cl)C(=N)N. The van der Waals surface area contributed by atoms with Crippen LogP contribution in [0.25, 0.3) is 0 Å². The van der Waals surface area contributed by atoms with Gasteiger partial charge in [0.1, 0.15) is 0 Å². The molecule has 0 aliphatic carbocycles. The smallest absolute Gasteiger partial charge is 0.203 e. The van der Waals surface area contributed by atoms with Gasteiger partial charge in [0, 0.05) is 18.3 Å². The second kappa shape index (κ2) is 2.69. The Morgan fingerprint density at radius 1 is 2.00 bits per heavy atom. The van der Waals surface area contributed by atoms with Crippen LogP contribution >= 0.6 is 11.8 Å². The largest absolute Gasteiger partial charge is 0.369 e. The van der Waals surface area contributed by atoms with E-state index in [2.05, 4.69) is 0 Å². The Labute approximate surface area is 47.7 Å². The van der Waals surface area contributed by atoms with Gasteiger partial charge >= 0.3 is 0 Å². The summed E-state index contributed by atoms with van der Waals surface area (Å²) in [4.78, 5) is 0. The highest BCUT2D eigenvalue weighted by atomic mass is 35.5. The number of hydrogen-bond acceptors (Lipinski definition) is 1. The van der Waals surface area contributed by atoms with E-state index in [1.807, 2.05) is 6.92 Å². The van der Waals surface area contributed by atoms with E-state index in [9.17, 15) is 0 Å². The second-order valence-corrected chi connectivity index (χ2v) is 1.47. The minimum atomic E-state index is -0.107. The predicted octanol–water partition coefficient (Wildman–Crippen LogP) is 0.356. The van der Waals surface area contributed by atoms with Gasteiger partial charge in [0.05, 0.1) is 0 Å². The van der Waals surface area contributed by atoms with Crippen LogP contribution in [0.2, 0.25) is 0 Å². The zero-order chi connectivity index (χ0) is 5.86. The summed E-state index contributed by atoms with van der Waals surface area (Å²) in [6.45, 7) is 2.38. The fraction of sp³-hybridized carbons (Fsp3) is 0.667. The van der Waals surface area contributed by atoms with Crippen molar-refractivity contribution in [2.75, 3.05) is 6.54 Å². The van der Waals surface area contributed by atoms with Gasteiger partial charge in [-0.25, -0.2) is 0 Å². The third kappa shape index (κ3) is 2.28. The first-order valence-electron chi connectivity index (χ1n) is 1.95. The van der Waals surface area contributed by atoms with Crippen LogP contribution in [0.15, 0.2) is 0 Å². The number of halogens is 1. The predicted molar refractivity (Wildman–Crippen MR) is 30.1 cm³/mol. The fourth-order valence-electron chi connectivity index (χ4n) is 0.170. The quantitative estimate of drug-likeness (QED) is 0.299. The molecule has 3 N–H and O–H groups in total. The summed E-state index contributed by atoms with van der Waals surface area (Å²) in [5.41, 5.74) is 4.92. The van der Waals surface area contributed by atoms with E-state index >= 15 is 0 Å². The van der Waals surface area contributed by atoms with E-state index in [1.54, 1.807) is 0 Å². The average Bonchev–Trinajstić information content (AvgIpc) is 1.65. The van der Waals surface area contributed by atoms with Crippen molar-refractivity contribution in [1.29, 1.82) is 5.41 Å². The molecule has 7 heavy (non-hydrogen) atoms. The Kier molecular flexibility index (Phi) is 2.52. The van der Waals surface area contributed by atoms with Gasteiger partial charge in [0.15, 0.2) is 0 Å². The van der Waals surface area contributed by atoms with Gasteiger partial charge in [-0.3, -0.25) is 9.83 Å². The minimum absolute atomic E-state index is 0.107. The molecule has 0 aromatic rings. The van der Waals surface area contributed by atoms with Crippen LogP contribution in [0.1, 0.15) is 6.92 Å². The number of nitrogens with zero attached hydrogens (tertiary/aromatic N) is 1. The van der Waals surface area contributed by atoms with E-state index in [0.29, 0.717) is 6.54 Å². The lowest BCUT2D eigenvalue weighted by Gasteiger charge is -2.07. The number of guanidine groups is 1. The van der Waals surface area contributed by atoms with Gasteiger partial charge in [0.25, 0.3) is 0 Å². The highest BCUT2D eigenvalue weighted by molar-refractivity contribution is 6.21. The molecule has 4 heteroatoms. The molecule has 0 unspecified atom stereocenters. The van der Waals surface area contributed by atoms with Gasteiger partial charge in [-0.1, -0.05) is 0 Å². The van der Waals surface area contributed by atoms with E-state index in [4.69, 9.17) is 22.9 Å². The molecular formula is C3H8ClN3. The lowest BCUT2D eigenvalue weighted by molar-refractivity contribution is 0.681. The van der Waals surface area contributed by atoms with Crippen LogP contribution in [-0.2, 0) is 0 Å². The first kappa shape index (κ1) is 6.56. The summed E-state index contributed by atoms with van der Waals surface area (Å²) in [6.07, 6.45) is 0. The first-order valence-corrected chi connectivity index (χ1v) is 2.29. The molecule has 0 saturated carbocycles. The normalized spacial score (nSPS) is 8.29. The van der Waals surface area contributed by atoms with Gasteiger partial charge in [-0.05, 0) is 6.92 Å². The second-order valence-electron chi connectivity index (χ2n) is 1.06. The molecule has 0 spiro atoms. The van der Waals surface area contributed by atoms with Crippen molar-refractivity contribution in [3.8, 4) is 0 Å². The van der Waals surface area contributed by atoms with Gasteiger partial charge < -0.3 is 5.73 Å². The average molecular weight is 122 g/mol. The Morgan fingerprint density at radius 3 is 2.43 bits per heavy atom. The van der Waals surface area contributed by atoms with Gasteiger partial charge in [-0.2, -0.15) is 0 Å². The van der Waals surface area contributed by atoms with Gasteiger partial charge in [-0.15, -0.1) is 0 Å². The molecule has 0 aliphatic rings. The fourth-order valence-corrected chi connectivity index (χ4v) is 0.170. The molecule has 0 saturated heterocycles. The van der Waals surface area contributed by atoms with Crippen molar-refractivity contribution in [2.24, 2.45) is 5.73 Å². The van der Waals surface area contributed by atoms with Crippen LogP contribution in [-0.4, -0.2) is 16.9 Å². The summed E-state index contributed by atoms with van der Waals surface area (Å²) in [6, 6.07) is 0. The molecule has 42 valence electrons. The molecule has 0 radical (unpaired) electrons.